The highest BCUT2D eigenvalue weighted by Gasteiger charge is 2.14. The van der Waals surface area contributed by atoms with Gasteiger partial charge in [0.05, 0.1) is 0 Å². The Balaban J connectivity index is 1.87. The van der Waals surface area contributed by atoms with E-state index in [1.165, 1.54) is 11.8 Å². The molecule has 0 aliphatic rings. The SMILES string of the molecule is CC(=O)SCC[C@H](Cc1ccccc1)NC(=O)OCc1ccccc1. The molecule has 0 fully saturated rings. The molecule has 0 heterocycles. The van der Waals surface area contributed by atoms with E-state index in [9.17, 15) is 9.59 Å². The molecular weight excluding hydrogens is 334 g/mol. The van der Waals surface area contributed by atoms with Gasteiger partial charge in [-0.05, 0) is 24.0 Å². The van der Waals surface area contributed by atoms with Gasteiger partial charge in [0.1, 0.15) is 6.61 Å². The number of alkyl carbamates (subject to hydrolysis) is 1. The summed E-state index contributed by atoms with van der Waals surface area (Å²) in [6.07, 6.45) is 0.983. The van der Waals surface area contributed by atoms with Crippen LogP contribution >= 0.6 is 11.8 Å². The summed E-state index contributed by atoms with van der Waals surface area (Å²) in [5.74, 6) is 0.672. The highest BCUT2D eigenvalue weighted by Crippen LogP contribution is 2.11. The first-order chi connectivity index (χ1) is 12.1. The second kappa shape index (κ2) is 10.6. The molecule has 0 spiro atoms. The van der Waals surface area contributed by atoms with Crippen LogP contribution in [0, 0.1) is 0 Å². The maximum absolute atomic E-state index is 12.1. The molecule has 132 valence electrons. The lowest BCUT2D eigenvalue weighted by Crippen LogP contribution is -2.37. The van der Waals surface area contributed by atoms with Crippen molar-refractivity contribution in [2.24, 2.45) is 0 Å². The molecule has 0 radical (unpaired) electrons. The molecule has 1 N–H and O–H groups in total. The summed E-state index contributed by atoms with van der Waals surface area (Å²) >= 11 is 1.28. The van der Waals surface area contributed by atoms with Crippen molar-refractivity contribution in [3.8, 4) is 0 Å². The minimum atomic E-state index is -0.433. The minimum Gasteiger partial charge on any atom is -0.445 e. The lowest BCUT2D eigenvalue weighted by Gasteiger charge is -2.18. The summed E-state index contributed by atoms with van der Waals surface area (Å²) in [7, 11) is 0. The fraction of sp³-hybridized carbons (Fsp3) is 0.300. The number of hydrogen-bond acceptors (Lipinski definition) is 4. The number of rotatable bonds is 8. The lowest BCUT2D eigenvalue weighted by atomic mass is 10.0. The van der Waals surface area contributed by atoms with Gasteiger partial charge < -0.3 is 10.1 Å². The smallest absolute Gasteiger partial charge is 0.407 e. The first-order valence-corrected chi connectivity index (χ1v) is 9.26. The maximum Gasteiger partial charge on any atom is 0.407 e. The van der Waals surface area contributed by atoms with E-state index in [1.54, 1.807) is 6.92 Å². The van der Waals surface area contributed by atoms with Crippen molar-refractivity contribution < 1.29 is 14.3 Å². The maximum atomic E-state index is 12.1. The number of thioether (sulfide) groups is 1. The van der Waals surface area contributed by atoms with Gasteiger partial charge in [0.25, 0.3) is 0 Å². The molecule has 0 bridgehead atoms. The van der Waals surface area contributed by atoms with Crippen LogP contribution in [0.3, 0.4) is 0 Å². The van der Waals surface area contributed by atoms with E-state index >= 15 is 0 Å². The van der Waals surface area contributed by atoms with Crippen molar-refractivity contribution in [1.29, 1.82) is 0 Å². The Kier molecular flexibility index (Phi) is 8.05. The second-order valence-electron chi connectivity index (χ2n) is 5.72. The summed E-state index contributed by atoms with van der Waals surface area (Å²) in [4.78, 5) is 23.2. The zero-order valence-corrected chi connectivity index (χ0v) is 15.1. The first kappa shape index (κ1) is 19.1. The predicted molar refractivity (Wildman–Crippen MR) is 101 cm³/mol. The normalized spacial score (nSPS) is 11.6. The van der Waals surface area contributed by atoms with Crippen molar-refractivity contribution in [2.75, 3.05) is 5.75 Å². The molecule has 0 saturated heterocycles. The minimum absolute atomic E-state index is 0.0717. The summed E-state index contributed by atoms with van der Waals surface area (Å²) in [6.45, 7) is 1.80. The zero-order chi connectivity index (χ0) is 17.9. The van der Waals surface area contributed by atoms with Crippen LogP contribution in [0.4, 0.5) is 4.79 Å². The summed E-state index contributed by atoms with van der Waals surface area (Å²) in [5.41, 5.74) is 2.09. The highest BCUT2D eigenvalue weighted by atomic mass is 32.2. The van der Waals surface area contributed by atoms with Gasteiger partial charge >= 0.3 is 6.09 Å². The molecule has 0 aromatic heterocycles. The molecule has 25 heavy (non-hydrogen) atoms. The third-order valence-corrected chi connectivity index (χ3v) is 4.48. The average molecular weight is 357 g/mol. The standard InChI is InChI=1S/C20H23NO3S/c1-16(22)25-13-12-19(14-17-8-4-2-5-9-17)21-20(23)24-15-18-10-6-3-7-11-18/h2-11,19H,12-15H2,1H3,(H,21,23)/t19-/m1/s1. The summed E-state index contributed by atoms with van der Waals surface area (Å²) in [6, 6.07) is 19.5. The molecule has 4 nitrogen and oxygen atoms in total. The highest BCUT2D eigenvalue weighted by molar-refractivity contribution is 8.13. The Hall–Kier alpha value is -2.27. The third kappa shape index (κ3) is 7.90. The Morgan fingerprint density at radius 3 is 2.20 bits per heavy atom. The fourth-order valence-corrected chi connectivity index (χ4v) is 3.09. The number of nitrogens with one attached hydrogen (secondary N) is 1. The van der Waals surface area contributed by atoms with Gasteiger partial charge in [-0.25, -0.2) is 4.79 Å². The number of hydrogen-bond donors (Lipinski definition) is 1. The predicted octanol–water partition coefficient (Wildman–Crippen LogP) is 4.19. The number of carbonyl (C=O) groups excluding carboxylic acids is 2. The monoisotopic (exact) mass is 357 g/mol. The Bertz CT molecular complexity index is 661. The topological polar surface area (TPSA) is 55.4 Å². The summed E-state index contributed by atoms with van der Waals surface area (Å²) < 4.78 is 5.30. The van der Waals surface area contributed by atoms with Gasteiger partial charge in [0, 0.05) is 18.7 Å². The van der Waals surface area contributed by atoms with Crippen LogP contribution in [-0.2, 0) is 22.6 Å². The van der Waals surface area contributed by atoms with Crippen LogP contribution in [0.1, 0.15) is 24.5 Å². The number of benzene rings is 2. The number of amides is 1. The second-order valence-corrected chi connectivity index (χ2v) is 6.99. The van der Waals surface area contributed by atoms with Crippen LogP contribution in [0.15, 0.2) is 60.7 Å². The molecule has 2 aromatic carbocycles. The lowest BCUT2D eigenvalue weighted by molar-refractivity contribution is -0.109. The molecule has 0 saturated carbocycles. The first-order valence-electron chi connectivity index (χ1n) is 8.28. The van der Waals surface area contributed by atoms with Gasteiger partial charge in [-0.3, -0.25) is 4.79 Å². The van der Waals surface area contributed by atoms with Crippen molar-refractivity contribution >= 4 is 23.0 Å². The Labute approximate surface area is 153 Å². The van der Waals surface area contributed by atoms with Crippen molar-refractivity contribution in [2.45, 2.75) is 32.4 Å². The van der Waals surface area contributed by atoms with Crippen molar-refractivity contribution in [1.82, 2.24) is 5.32 Å². The summed E-state index contributed by atoms with van der Waals surface area (Å²) in [5, 5.41) is 3.01. The average Bonchev–Trinajstić information content (AvgIpc) is 2.61. The van der Waals surface area contributed by atoms with E-state index in [0.717, 1.165) is 11.1 Å². The molecule has 5 heteroatoms. The molecule has 2 rings (SSSR count). The van der Waals surface area contributed by atoms with Gasteiger partial charge in [-0.1, -0.05) is 72.4 Å². The van der Waals surface area contributed by atoms with Crippen LogP contribution in [0.25, 0.3) is 0 Å². The van der Waals surface area contributed by atoms with Crippen LogP contribution in [0.5, 0.6) is 0 Å². The third-order valence-electron chi connectivity index (χ3n) is 3.63. The fourth-order valence-electron chi connectivity index (χ4n) is 2.40. The van der Waals surface area contributed by atoms with E-state index in [-0.39, 0.29) is 17.8 Å². The molecule has 1 amide bonds. The molecule has 1 atom stereocenters. The quantitative estimate of drug-likeness (QED) is 0.769. The van der Waals surface area contributed by atoms with Gasteiger partial charge in [0.2, 0.25) is 0 Å². The van der Waals surface area contributed by atoms with Crippen molar-refractivity contribution in [3.05, 3.63) is 71.8 Å². The van der Waals surface area contributed by atoms with Gasteiger partial charge in [0.15, 0.2) is 5.12 Å². The van der Waals surface area contributed by atoms with E-state index < -0.39 is 6.09 Å². The van der Waals surface area contributed by atoms with E-state index in [4.69, 9.17) is 4.74 Å². The van der Waals surface area contributed by atoms with E-state index in [2.05, 4.69) is 5.32 Å². The van der Waals surface area contributed by atoms with Gasteiger partial charge in [-0.2, -0.15) is 0 Å². The van der Waals surface area contributed by atoms with Crippen molar-refractivity contribution in [3.63, 3.8) is 0 Å². The van der Waals surface area contributed by atoms with E-state index in [1.807, 2.05) is 60.7 Å². The molecule has 0 unspecified atom stereocenters. The zero-order valence-electron chi connectivity index (χ0n) is 14.3. The molecular formula is C20H23NO3S. The Morgan fingerprint density at radius 2 is 1.60 bits per heavy atom. The molecule has 0 aliphatic carbocycles. The Morgan fingerprint density at radius 1 is 1.00 bits per heavy atom. The molecule has 2 aromatic rings. The molecule has 0 aliphatic heterocycles. The van der Waals surface area contributed by atoms with Crippen LogP contribution in [-0.4, -0.2) is 23.0 Å². The number of carbonyl (C=O) groups is 2. The van der Waals surface area contributed by atoms with Crippen LogP contribution in [0.2, 0.25) is 0 Å². The van der Waals surface area contributed by atoms with Gasteiger partial charge in [-0.15, -0.1) is 0 Å². The van der Waals surface area contributed by atoms with E-state index in [0.29, 0.717) is 18.6 Å². The van der Waals surface area contributed by atoms with Crippen LogP contribution < -0.4 is 5.32 Å². The largest absolute Gasteiger partial charge is 0.445 e. The number of ether oxygens (including phenoxy) is 1.